The molecule has 7 heteroatoms. The van der Waals surface area contributed by atoms with Gasteiger partial charge in [-0.15, -0.1) is 0 Å². The van der Waals surface area contributed by atoms with Gasteiger partial charge in [-0.2, -0.15) is 27.8 Å². The van der Waals surface area contributed by atoms with Crippen molar-refractivity contribution < 1.29 is 17.6 Å². The Kier molecular flexibility index (Phi) is 3.89. The summed E-state index contributed by atoms with van der Waals surface area (Å²) in [6, 6.07) is 1.84. The number of halogens is 4. The standard InChI is InChI=1S/C10H9F4N3/c1-5(3-15)4-17(2)8-6(11)9(13)16-10(14)7(8)12/h5H,4H2,1-2H3. The molecule has 1 aromatic heterocycles. The molecule has 17 heavy (non-hydrogen) atoms. The molecule has 3 nitrogen and oxygen atoms in total. The minimum atomic E-state index is -1.71. The molecule has 0 aromatic carbocycles. The van der Waals surface area contributed by atoms with E-state index in [2.05, 4.69) is 4.98 Å². The fraction of sp³-hybridized carbons (Fsp3) is 0.400. The van der Waals surface area contributed by atoms with Crippen LogP contribution in [0, 0.1) is 40.8 Å². The molecule has 0 saturated heterocycles. The first-order valence-electron chi connectivity index (χ1n) is 4.69. The van der Waals surface area contributed by atoms with Crippen LogP contribution < -0.4 is 4.90 Å². The quantitative estimate of drug-likeness (QED) is 0.607. The Bertz CT molecular complexity index is 443. The minimum Gasteiger partial charge on any atom is -0.368 e. The molecule has 0 amide bonds. The van der Waals surface area contributed by atoms with Gasteiger partial charge >= 0.3 is 0 Å². The Labute approximate surface area is 95.3 Å². The van der Waals surface area contributed by atoms with Crippen LogP contribution >= 0.6 is 0 Å². The topological polar surface area (TPSA) is 39.9 Å². The highest BCUT2D eigenvalue weighted by Crippen LogP contribution is 2.25. The number of anilines is 1. The van der Waals surface area contributed by atoms with E-state index in [-0.39, 0.29) is 6.54 Å². The number of nitriles is 1. The van der Waals surface area contributed by atoms with Crippen LogP contribution in [0.15, 0.2) is 0 Å². The van der Waals surface area contributed by atoms with E-state index in [1.807, 2.05) is 6.07 Å². The second-order valence-electron chi connectivity index (χ2n) is 3.58. The molecule has 1 aromatic rings. The zero-order valence-corrected chi connectivity index (χ0v) is 9.14. The van der Waals surface area contributed by atoms with Crippen molar-refractivity contribution in [3.05, 3.63) is 23.5 Å². The molecule has 1 atom stereocenters. The first kappa shape index (κ1) is 13.2. The molecule has 0 radical (unpaired) electrons. The molecular weight excluding hydrogens is 238 g/mol. The maximum atomic E-state index is 13.3. The van der Waals surface area contributed by atoms with Gasteiger partial charge in [0.25, 0.3) is 11.9 Å². The molecule has 0 aliphatic rings. The predicted molar refractivity (Wildman–Crippen MR) is 52.1 cm³/mol. The van der Waals surface area contributed by atoms with Gasteiger partial charge in [-0.3, -0.25) is 0 Å². The van der Waals surface area contributed by atoms with Crippen molar-refractivity contribution in [3.63, 3.8) is 0 Å². The Morgan fingerprint density at radius 1 is 1.24 bits per heavy atom. The van der Waals surface area contributed by atoms with Crippen LogP contribution in [0.4, 0.5) is 23.2 Å². The summed E-state index contributed by atoms with van der Waals surface area (Å²) < 4.78 is 52.2. The van der Waals surface area contributed by atoms with E-state index in [4.69, 9.17) is 5.26 Å². The van der Waals surface area contributed by atoms with Crippen LogP contribution in [0.3, 0.4) is 0 Å². The predicted octanol–water partition coefficient (Wildman–Crippen LogP) is 2.23. The average Bonchev–Trinajstić information content (AvgIpc) is 2.26. The summed E-state index contributed by atoms with van der Waals surface area (Å²) >= 11 is 0. The lowest BCUT2D eigenvalue weighted by Gasteiger charge is -2.21. The summed E-state index contributed by atoms with van der Waals surface area (Å²) in [4.78, 5) is 3.38. The summed E-state index contributed by atoms with van der Waals surface area (Å²) in [6.07, 6.45) is 0. The number of rotatable bonds is 3. The maximum absolute atomic E-state index is 13.3. The van der Waals surface area contributed by atoms with Crippen molar-refractivity contribution in [2.45, 2.75) is 6.92 Å². The zero-order chi connectivity index (χ0) is 13.2. The van der Waals surface area contributed by atoms with Crippen molar-refractivity contribution in [1.29, 1.82) is 5.26 Å². The van der Waals surface area contributed by atoms with Crippen LogP contribution in [0.5, 0.6) is 0 Å². The second-order valence-corrected chi connectivity index (χ2v) is 3.58. The van der Waals surface area contributed by atoms with Crippen molar-refractivity contribution in [1.82, 2.24) is 4.98 Å². The SMILES string of the molecule is CC(C#N)CN(C)c1c(F)c(F)nc(F)c1F. The largest absolute Gasteiger partial charge is 0.368 e. The first-order valence-corrected chi connectivity index (χ1v) is 4.69. The number of pyridine rings is 1. The average molecular weight is 247 g/mol. The molecule has 0 saturated carbocycles. The number of aromatic nitrogens is 1. The number of hydrogen-bond acceptors (Lipinski definition) is 3. The smallest absolute Gasteiger partial charge is 0.253 e. The summed E-state index contributed by atoms with van der Waals surface area (Å²) in [5.74, 6) is -7.11. The Morgan fingerprint density at radius 3 is 2.12 bits per heavy atom. The molecule has 1 heterocycles. The molecule has 0 N–H and O–H groups in total. The fourth-order valence-corrected chi connectivity index (χ4v) is 1.35. The highest BCUT2D eigenvalue weighted by molar-refractivity contribution is 5.47. The van der Waals surface area contributed by atoms with Gasteiger partial charge in [0.05, 0.1) is 12.0 Å². The van der Waals surface area contributed by atoms with Crippen LogP contribution in [-0.4, -0.2) is 18.6 Å². The minimum absolute atomic E-state index is 0.0623. The van der Waals surface area contributed by atoms with Gasteiger partial charge in [0, 0.05) is 13.6 Å². The van der Waals surface area contributed by atoms with E-state index < -0.39 is 35.1 Å². The first-order chi connectivity index (χ1) is 7.88. The van der Waals surface area contributed by atoms with Crippen molar-refractivity contribution in [3.8, 4) is 6.07 Å². The van der Waals surface area contributed by atoms with Gasteiger partial charge in [0.1, 0.15) is 5.69 Å². The highest BCUT2D eigenvalue weighted by atomic mass is 19.2. The summed E-state index contributed by atoms with van der Waals surface area (Å²) in [7, 11) is 1.23. The zero-order valence-electron chi connectivity index (χ0n) is 9.14. The molecule has 1 unspecified atom stereocenters. The second kappa shape index (κ2) is 4.99. The fourth-order valence-electron chi connectivity index (χ4n) is 1.35. The molecule has 0 fully saturated rings. The van der Waals surface area contributed by atoms with E-state index in [0.717, 1.165) is 4.90 Å². The summed E-state index contributed by atoms with van der Waals surface area (Å²) in [5.41, 5.74) is -0.864. The maximum Gasteiger partial charge on any atom is 0.253 e. The monoisotopic (exact) mass is 247 g/mol. The third-order valence-corrected chi connectivity index (χ3v) is 2.12. The lowest BCUT2D eigenvalue weighted by Crippen LogP contribution is -2.26. The number of nitrogens with zero attached hydrogens (tertiary/aromatic N) is 3. The normalized spacial score (nSPS) is 12.1. The van der Waals surface area contributed by atoms with Crippen molar-refractivity contribution >= 4 is 5.69 Å². The number of hydrogen-bond donors (Lipinski definition) is 0. The van der Waals surface area contributed by atoms with E-state index >= 15 is 0 Å². The molecule has 92 valence electrons. The third kappa shape index (κ3) is 2.64. The highest BCUT2D eigenvalue weighted by Gasteiger charge is 2.24. The van der Waals surface area contributed by atoms with Gasteiger partial charge in [-0.1, -0.05) is 0 Å². The van der Waals surface area contributed by atoms with E-state index in [1.165, 1.54) is 14.0 Å². The molecule has 0 aliphatic carbocycles. The molecule has 0 aliphatic heterocycles. The van der Waals surface area contributed by atoms with Gasteiger partial charge in [-0.05, 0) is 6.92 Å². The van der Waals surface area contributed by atoms with E-state index in [9.17, 15) is 17.6 Å². The Balaban J connectivity index is 3.17. The molecule has 0 spiro atoms. The third-order valence-electron chi connectivity index (χ3n) is 2.12. The van der Waals surface area contributed by atoms with Crippen molar-refractivity contribution in [2.75, 3.05) is 18.5 Å². The van der Waals surface area contributed by atoms with Gasteiger partial charge in [0.2, 0.25) is 11.6 Å². The molecular formula is C10H9F4N3. The van der Waals surface area contributed by atoms with Crippen LogP contribution in [0.1, 0.15) is 6.92 Å². The Hall–Kier alpha value is -1.84. The summed E-state index contributed by atoms with van der Waals surface area (Å²) in [5, 5.41) is 8.55. The lowest BCUT2D eigenvalue weighted by molar-refractivity contribution is 0.406. The molecule has 0 bridgehead atoms. The summed E-state index contributed by atoms with van der Waals surface area (Å²) in [6.45, 7) is 1.45. The van der Waals surface area contributed by atoms with Crippen molar-refractivity contribution in [2.24, 2.45) is 5.92 Å². The van der Waals surface area contributed by atoms with Gasteiger partial charge < -0.3 is 4.90 Å². The van der Waals surface area contributed by atoms with Gasteiger partial charge in [-0.25, -0.2) is 0 Å². The van der Waals surface area contributed by atoms with Crippen LogP contribution in [0.25, 0.3) is 0 Å². The van der Waals surface area contributed by atoms with Gasteiger partial charge in [0.15, 0.2) is 0 Å². The van der Waals surface area contributed by atoms with Crippen LogP contribution in [-0.2, 0) is 0 Å². The van der Waals surface area contributed by atoms with Crippen LogP contribution in [0.2, 0.25) is 0 Å². The van der Waals surface area contributed by atoms with E-state index in [0.29, 0.717) is 0 Å². The molecule has 1 rings (SSSR count). The van der Waals surface area contributed by atoms with E-state index in [1.54, 1.807) is 0 Å². The lowest BCUT2D eigenvalue weighted by atomic mass is 10.2. The Morgan fingerprint density at radius 2 is 1.71 bits per heavy atom.